The molecule has 0 saturated carbocycles. The summed E-state index contributed by atoms with van der Waals surface area (Å²) in [5.41, 5.74) is -0.156. The van der Waals surface area contributed by atoms with Crippen LogP contribution in [0.3, 0.4) is 0 Å². The number of nitrogens with one attached hydrogen (secondary N) is 1. The number of rotatable bonds is 5. The standard InChI is InChI=1S/C31H30N2O6/c1-36-20-13-11-19(12-14-20)31-26(18-8-5-4-6-9-18)25-28(32-24-10-7-15-33(24)29(25)34)30(31,35)27-22(38-3)16-21(37-2)17-23(27)39-31/h4-6,8-9,11-14,16-17,24,26,32,35H,7,10,15H2,1-3H3/t24-,26-,30+,31+/m1/s1. The maximum Gasteiger partial charge on any atom is 0.254 e. The second kappa shape index (κ2) is 8.41. The number of benzene rings is 3. The zero-order valence-electron chi connectivity index (χ0n) is 22.1. The van der Waals surface area contributed by atoms with E-state index in [0.29, 0.717) is 51.9 Å². The Labute approximate surface area is 226 Å². The second-order valence-corrected chi connectivity index (χ2v) is 10.4. The molecule has 2 N–H and O–H groups in total. The Balaban J connectivity index is 1.59. The number of amides is 1. The van der Waals surface area contributed by atoms with E-state index >= 15 is 0 Å². The number of methoxy groups -OCH3 is 3. The monoisotopic (exact) mass is 526 g/mol. The third-order valence-corrected chi connectivity index (χ3v) is 8.70. The molecule has 7 rings (SSSR count). The minimum absolute atomic E-state index is 0.0755. The Morgan fingerprint density at radius 1 is 0.974 bits per heavy atom. The van der Waals surface area contributed by atoms with Crippen molar-refractivity contribution in [2.45, 2.75) is 36.1 Å². The zero-order chi connectivity index (χ0) is 26.9. The molecule has 39 heavy (non-hydrogen) atoms. The molecular weight excluding hydrogens is 496 g/mol. The number of hydrogen-bond acceptors (Lipinski definition) is 7. The van der Waals surface area contributed by atoms with Crippen molar-refractivity contribution in [3.63, 3.8) is 0 Å². The minimum Gasteiger partial charge on any atom is -0.497 e. The normalized spacial score (nSPS) is 28.2. The van der Waals surface area contributed by atoms with Crippen molar-refractivity contribution in [3.8, 4) is 23.0 Å². The fourth-order valence-electron chi connectivity index (χ4n) is 7.05. The van der Waals surface area contributed by atoms with Crippen molar-refractivity contribution < 1.29 is 28.8 Å². The van der Waals surface area contributed by atoms with Crippen molar-refractivity contribution in [2.24, 2.45) is 0 Å². The first-order valence-corrected chi connectivity index (χ1v) is 13.2. The van der Waals surface area contributed by atoms with Crippen LogP contribution in [0.25, 0.3) is 0 Å². The average molecular weight is 527 g/mol. The molecule has 200 valence electrons. The van der Waals surface area contributed by atoms with Gasteiger partial charge in [-0.3, -0.25) is 4.79 Å². The molecule has 1 aliphatic carbocycles. The van der Waals surface area contributed by atoms with Gasteiger partial charge in [-0.1, -0.05) is 42.5 Å². The fourth-order valence-corrected chi connectivity index (χ4v) is 7.05. The molecule has 3 aromatic rings. The molecule has 4 aliphatic rings. The predicted octanol–water partition coefficient (Wildman–Crippen LogP) is 3.79. The van der Waals surface area contributed by atoms with Gasteiger partial charge in [-0.05, 0) is 30.5 Å². The van der Waals surface area contributed by atoms with E-state index in [-0.39, 0.29) is 12.1 Å². The van der Waals surface area contributed by atoms with Crippen LogP contribution in [-0.4, -0.2) is 50.0 Å². The number of carbonyl (C=O) groups excluding carboxylic acids is 1. The summed E-state index contributed by atoms with van der Waals surface area (Å²) in [7, 11) is 4.75. The highest BCUT2D eigenvalue weighted by Crippen LogP contribution is 2.70. The molecule has 3 heterocycles. The third kappa shape index (κ3) is 2.95. The van der Waals surface area contributed by atoms with E-state index < -0.39 is 17.1 Å². The van der Waals surface area contributed by atoms with E-state index in [4.69, 9.17) is 18.9 Å². The smallest absolute Gasteiger partial charge is 0.254 e. The molecule has 0 spiro atoms. The van der Waals surface area contributed by atoms with Crippen molar-refractivity contribution in [1.29, 1.82) is 0 Å². The summed E-state index contributed by atoms with van der Waals surface area (Å²) >= 11 is 0. The topological polar surface area (TPSA) is 89.5 Å². The highest BCUT2D eigenvalue weighted by molar-refractivity contribution is 6.00. The van der Waals surface area contributed by atoms with E-state index in [9.17, 15) is 9.90 Å². The van der Waals surface area contributed by atoms with Gasteiger partial charge in [0.05, 0.1) is 44.1 Å². The van der Waals surface area contributed by atoms with Crippen molar-refractivity contribution in [1.82, 2.24) is 10.2 Å². The van der Waals surface area contributed by atoms with Crippen molar-refractivity contribution >= 4 is 5.91 Å². The van der Waals surface area contributed by atoms with E-state index in [1.165, 1.54) is 0 Å². The number of fused-ring (bicyclic) bond motifs is 5. The zero-order valence-corrected chi connectivity index (χ0v) is 22.1. The quantitative estimate of drug-likeness (QED) is 0.523. The molecule has 0 radical (unpaired) electrons. The number of carbonyl (C=O) groups is 1. The summed E-state index contributed by atoms with van der Waals surface area (Å²) < 4.78 is 23.8. The molecule has 4 atom stereocenters. The lowest BCUT2D eigenvalue weighted by molar-refractivity contribution is -0.129. The maximum absolute atomic E-state index is 14.3. The van der Waals surface area contributed by atoms with Gasteiger partial charge in [0.25, 0.3) is 5.91 Å². The van der Waals surface area contributed by atoms with Crippen LogP contribution in [0.4, 0.5) is 0 Å². The Bertz CT molecular complexity index is 1500. The molecule has 8 heteroatoms. The van der Waals surface area contributed by atoms with Gasteiger partial charge < -0.3 is 34.3 Å². The molecule has 1 saturated heterocycles. The Hall–Kier alpha value is -4.17. The lowest BCUT2D eigenvalue weighted by atomic mass is 9.69. The van der Waals surface area contributed by atoms with Crippen LogP contribution in [0.2, 0.25) is 0 Å². The van der Waals surface area contributed by atoms with E-state index in [1.807, 2.05) is 59.5 Å². The van der Waals surface area contributed by atoms with Gasteiger partial charge in [-0.2, -0.15) is 0 Å². The van der Waals surface area contributed by atoms with Crippen LogP contribution in [0.15, 0.2) is 78.0 Å². The SMILES string of the molecule is COc1ccc([C@@]23Oc4cc(OC)cc(OC)c4[C@]2(O)C2=C(C(=O)N4CCC[C@@H]4N2)[C@H]3c2ccccc2)cc1. The molecule has 0 bridgehead atoms. The second-order valence-electron chi connectivity index (χ2n) is 10.4. The Kier molecular flexibility index (Phi) is 5.16. The molecule has 1 fully saturated rings. The summed E-state index contributed by atoms with van der Waals surface area (Å²) in [6.45, 7) is 0.667. The van der Waals surface area contributed by atoms with Gasteiger partial charge >= 0.3 is 0 Å². The average Bonchev–Trinajstić information content (AvgIpc) is 3.62. The molecular formula is C31H30N2O6. The lowest BCUT2D eigenvalue weighted by Gasteiger charge is -2.41. The minimum atomic E-state index is -1.77. The Morgan fingerprint density at radius 3 is 2.41 bits per heavy atom. The molecule has 0 aromatic heterocycles. The fraction of sp³-hybridized carbons (Fsp3) is 0.323. The summed E-state index contributed by atoms with van der Waals surface area (Å²) in [4.78, 5) is 16.2. The molecule has 3 aliphatic heterocycles. The number of ether oxygens (including phenoxy) is 4. The first-order valence-electron chi connectivity index (χ1n) is 13.2. The maximum atomic E-state index is 14.3. The summed E-state index contributed by atoms with van der Waals surface area (Å²) in [6, 6.07) is 20.8. The van der Waals surface area contributed by atoms with Crippen LogP contribution in [0, 0.1) is 0 Å². The van der Waals surface area contributed by atoms with Crippen LogP contribution in [-0.2, 0) is 16.0 Å². The number of nitrogens with zero attached hydrogens (tertiary/aromatic N) is 1. The first-order chi connectivity index (χ1) is 19.0. The van der Waals surface area contributed by atoms with Crippen LogP contribution in [0.1, 0.15) is 35.4 Å². The third-order valence-electron chi connectivity index (χ3n) is 8.70. The van der Waals surface area contributed by atoms with Gasteiger partial charge in [-0.15, -0.1) is 0 Å². The van der Waals surface area contributed by atoms with E-state index in [1.54, 1.807) is 33.5 Å². The number of aliphatic hydroxyl groups is 1. The van der Waals surface area contributed by atoms with Gasteiger partial charge in [-0.25, -0.2) is 0 Å². The van der Waals surface area contributed by atoms with E-state index in [0.717, 1.165) is 18.4 Å². The van der Waals surface area contributed by atoms with Gasteiger partial charge in [0.15, 0.2) is 11.2 Å². The summed E-state index contributed by atoms with van der Waals surface area (Å²) in [5.74, 6) is 1.38. The molecule has 3 aromatic carbocycles. The van der Waals surface area contributed by atoms with Crippen molar-refractivity contribution in [2.75, 3.05) is 27.9 Å². The molecule has 8 nitrogen and oxygen atoms in total. The number of hydrogen-bond donors (Lipinski definition) is 2. The van der Waals surface area contributed by atoms with Gasteiger partial charge in [0, 0.05) is 24.2 Å². The van der Waals surface area contributed by atoms with Gasteiger partial charge in [0.1, 0.15) is 29.2 Å². The van der Waals surface area contributed by atoms with Crippen molar-refractivity contribution in [3.05, 3.63) is 94.7 Å². The summed E-state index contributed by atoms with van der Waals surface area (Å²) in [5, 5.41) is 16.9. The molecule has 1 amide bonds. The van der Waals surface area contributed by atoms with Crippen LogP contribution >= 0.6 is 0 Å². The van der Waals surface area contributed by atoms with E-state index in [2.05, 4.69) is 5.32 Å². The highest BCUT2D eigenvalue weighted by atomic mass is 16.5. The lowest BCUT2D eigenvalue weighted by Crippen LogP contribution is -2.54. The largest absolute Gasteiger partial charge is 0.497 e. The first kappa shape index (κ1) is 23.9. The highest BCUT2D eigenvalue weighted by Gasteiger charge is 2.75. The molecule has 0 unspecified atom stereocenters. The van der Waals surface area contributed by atoms with Crippen LogP contribution < -0.4 is 24.3 Å². The predicted molar refractivity (Wildman–Crippen MR) is 143 cm³/mol. The summed E-state index contributed by atoms with van der Waals surface area (Å²) in [6.07, 6.45) is 1.50. The van der Waals surface area contributed by atoms with Crippen LogP contribution in [0.5, 0.6) is 23.0 Å². The van der Waals surface area contributed by atoms with Gasteiger partial charge in [0.2, 0.25) is 0 Å². The Morgan fingerprint density at radius 2 is 1.72 bits per heavy atom.